The molecule has 0 saturated carbocycles. The fraction of sp³-hybridized carbons (Fsp3) is 0.583. The molecule has 2 aliphatic heterocycles. The first-order valence-corrected chi connectivity index (χ1v) is 6.28. The fourth-order valence-corrected chi connectivity index (χ4v) is 4.33. The molecule has 0 aromatic carbocycles. The Morgan fingerprint density at radius 3 is 3.00 bits per heavy atom. The molecule has 1 fully saturated rings. The van der Waals surface area contributed by atoms with Crippen LogP contribution in [-0.2, 0) is 6.42 Å². The van der Waals surface area contributed by atoms with Crippen LogP contribution in [0.2, 0.25) is 0 Å². The Kier molecular flexibility index (Phi) is 1.92. The van der Waals surface area contributed by atoms with E-state index in [1.165, 1.54) is 28.2 Å². The van der Waals surface area contributed by atoms with Crippen molar-refractivity contribution in [2.75, 3.05) is 7.05 Å². The van der Waals surface area contributed by atoms with Crippen molar-refractivity contribution in [3.05, 3.63) is 20.9 Å². The SMILES string of the molecule is Cc1sc2c(c1C#N)C1CCC(C2)N1C. The van der Waals surface area contributed by atoms with Gasteiger partial charge in [0.15, 0.2) is 0 Å². The van der Waals surface area contributed by atoms with Gasteiger partial charge in [-0.15, -0.1) is 11.3 Å². The first-order valence-electron chi connectivity index (χ1n) is 5.46. The zero-order valence-corrected chi connectivity index (χ0v) is 9.90. The highest BCUT2D eigenvalue weighted by atomic mass is 32.1. The molecule has 3 heterocycles. The van der Waals surface area contributed by atoms with Crippen molar-refractivity contribution in [2.45, 2.75) is 38.3 Å². The predicted molar refractivity (Wildman–Crippen MR) is 61.0 cm³/mol. The van der Waals surface area contributed by atoms with Gasteiger partial charge in [0, 0.05) is 27.4 Å². The van der Waals surface area contributed by atoms with Gasteiger partial charge in [-0.05, 0) is 33.2 Å². The summed E-state index contributed by atoms with van der Waals surface area (Å²) in [6.45, 7) is 2.08. The van der Waals surface area contributed by atoms with Gasteiger partial charge < -0.3 is 0 Å². The molecule has 1 aromatic heterocycles. The van der Waals surface area contributed by atoms with E-state index in [1.807, 2.05) is 11.3 Å². The third-order valence-electron chi connectivity index (χ3n) is 3.91. The number of nitrogens with zero attached hydrogens (tertiary/aromatic N) is 2. The summed E-state index contributed by atoms with van der Waals surface area (Å²) in [5.74, 6) is 0. The summed E-state index contributed by atoms with van der Waals surface area (Å²) in [4.78, 5) is 5.16. The summed E-state index contributed by atoms with van der Waals surface area (Å²) in [6, 6.07) is 3.65. The molecule has 2 nitrogen and oxygen atoms in total. The molecule has 0 radical (unpaired) electrons. The Morgan fingerprint density at radius 2 is 2.27 bits per heavy atom. The Hall–Kier alpha value is -0.850. The van der Waals surface area contributed by atoms with Crippen LogP contribution in [0.15, 0.2) is 0 Å². The van der Waals surface area contributed by atoms with Crippen molar-refractivity contribution in [2.24, 2.45) is 0 Å². The zero-order chi connectivity index (χ0) is 10.6. The van der Waals surface area contributed by atoms with Crippen molar-refractivity contribution in [1.29, 1.82) is 5.26 Å². The molecular weight excluding hydrogens is 204 g/mol. The van der Waals surface area contributed by atoms with E-state index < -0.39 is 0 Å². The first kappa shape index (κ1) is 9.38. The lowest BCUT2D eigenvalue weighted by Crippen LogP contribution is -2.33. The van der Waals surface area contributed by atoms with E-state index in [-0.39, 0.29) is 0 Å². The lowest BCUT2D eigenvalue weighted by molar-refractivity contribution is 0.226. The summed E-state index contributed by atoms with van der Waals surface area (Å²) >= 11 is 1.84. The molecule has 2 aliphatic rings. The van der Waals surface area contributed by atoms with E-state index in [0.717, 1.165) is 18.0 Å². The Labute approximate surface area is 94.1 Å². The molecule has 0 amide bonds. The van der Waals surface area contributed by atoms with Crippen molar-refractivity contribution in [3.63, 3.8) is 0 Å². The normalized spacial score (nSPS) is 28.9. The minimum atomic E-state index is 0.526. The van der Waals surface area contributed by atoms with Crippen LogP contribution < -0.4 is 0 Å². The van der Waals surface area contributed by atoms with Crippen LogP contribution in [0.25, 0.3) is 0 Å². The van der Waals surface area contributed by atoms with Gasteiger partial charge in [-0.3, -0.25) is 4.90 Å². The highest BCUT2D eigenvalue weighted by Crippen LogP contribution is 2.47. The van der Waals surface area contributed by atoms with Crippen LogP contribution in [0.5, 0.6) is 0 Å². The number of hydrogen-bond donors (Lipinski definition) is 0. The quantitative estimate of drug-likeness (QED) is 0.669. The second-order valence-electron chi connectivity index (χ2n) is 4.60. The van der Waals surface area contributed by atoms with Gasteiger partial charge in [-0.25, -0.2) is 0 Å². The molecule has 0 spiro atoms. The largest absolute Gasteiger partial charge is 0.296 e. The van der Waals surface area contributed by atoms with Gasteiger partial charge in [0.25, 0.3) is 0 Å². The first-order chi connectivity index (χ1) is 7.22. The fourth-order valence-electron chi connectivity index (χ4n) is 3.08. The average Bonchev–Trinajstić information content (AvgIpc) is 2.63. The van der Waals surface area contributed by atoms with E-state index in [2.05, 4.69) is 24.9 Å². The number of thiophene rings is 1. The molecule has 2 bridgehead atoms. The molecule has 3 rings (SSSR count). The summed E-state index contributed by atoms with van der Waals surface area (Å²) in [6.07, 6.45) is 3.70. The van der Waals surface area contributed by atoms with Gasteiger partial charge in [0.05, 0.1) is 5.56 Å². The van der Waals surface area contributed by atoms with Crippen molar-refractivity contribution in [3.8, 4) is 6.07 Å². The van der Waals surface area contributed by atoms with Crippen LogP contribution in [0.1, 0.15) is 39.8 Å². The molecule has 1 aromatic rings. The van der Waals surface area contributed by atoms with Crippen LogP contribution >= 0.6 is 11.3 Å². The maximum atomic E-state index is 9.21. The number of fused-ring (bicyclic) bond motifs is 4. The van der Waals surface area contributed by atoms with Crippen LogP contribution in [0, 0.1) is 18.3 Å². The number of hydrogen-bond acceptors (Lipinski definition) is 3. The standard InChI is InChI=1S/C12H14N2S/c1-7-9(6-13)12-10-4-3-8(14(10)2)5-11(12)15-7/h8,10H,3-5H2,1-2H3. The summed E-state index contributed by atoms with van der Waals surface area (Å²) < 4.78 is 0. The van der Waals surface area contributed by atoms with Gasteiger partial charge in [0.2, 0.25) is 0 Å². The van der Waals surface area contributed by atoms with Crippen LogP contribution in [0.3, 0.4) is 0 Å². The predicted octanol–water partition coefficient (Wildman–Crippen LogP) is 2.62. The maximum absolute atomic E-state index is 9.21. The maximum Gasteiger partial charge on any atom is 0.101 e. The van der Waals surface area contributed by atoms with E-state index >= 15 is 0 Å². The molecule has 2 unspecified atom stereocenters. The van der Waals surface area contributed by atoms with Gasteiger partial charge in [-0.2, -0.15) is 5.26 Å². The van der Waals surface area contributed by atoms with Crippen LogP contribution in [0.4, 0.5) is 0 Å². The Bertz CT molecular complexity index is 455. The third kappa shape index (κ3) is 1.12. The molecular formula is C12H14N2S. The number of aryl methyl sites for hydroxylation is 1. The average molecular weight is 218 g/mol. The van der Waals surface area contributed by atoms with Crippen LogP contribution in [-0.4, -0.2) is 18.0 Å². The van der Waals surface area contributed by atoms with Gasteiger partial charge in [-0.1, -0.05) is 0 Å². The van der Waals surface area contributed by atoms with Crippen molar-refractivity contribution < 1.29 is 0 Å². The smallest absolute Gasteiger partial charge is 0.101 e. The molecule has 15 heavy (non-hydrogen) atoms. The van der Waals surface area contributed by atoms with Gasteiger partial charge in [0.1, 0.15) is 6.07 Å². The number of rotatable bonds is 0. The molecule has 0 aliphatic carbocycles. The second-order valence-corrected chi connectivity index (χ2v) is 5.91. The monoisotopic (exact) mass is 218 g/mol. The minimum absolute atomic E-state index is 0.526. The zero-order valence-electron chi connectivity index (χ0n) is 9.08. The second kappa shape index (κ2) is 3.07. The summed E-state index contributed by atoms with van der Waals surface area (Å²) in [5, 5.41) is 9.21. The summed E-state index contributed by atoms with van der Waals surface area (Å²) in [5.41, 5.74) is 2.32. The molecule has 78 valence electrons. The third-order valence-corrected chi connectivity index (χ3v) is 5.05. The van der Waals surface area contributed by atoms with E-state index in [4.69, 9.17) is 0 Å². The Morgan fingerprint density at radius 1 is 1.47 bits per heavy atom. The lowest BCUT2D eigenvalue weighted by atomic mass is 9.97. The molecule has 2 atom stereocenters. The van der Waals surface area contributed by atoms with E-state index in [9.17, 15) is 5.26 Å². The summed E-state index contributed by atoms with van der Waals surface area (Å²) in [7, 11) is 2.21. The van der Waals surface area contributed by atoms with E-state index in [1.54, 1.807) is 0 Å². The molecule has 3 heteroatoms. The van der Waals surface area contributed by atoms with Crippen molar-refractivity contribution in [1.82, 2.24) is 4.90 Å². The van der Waals surface area contributed by atoms with Gasteiger partial charge >= 0.3 is 0 Å². The van der Waals surface area contributed by atoms with E-state index in [0.29, 0.717) is 6.04 Å². The highest BCUT2D eigenvalue weighted by Gasteiger charge is 2.40. The molecule has 0 N–H and O–H groups in total. The van der Waals surface area contributed by atoms with Crippen molar-refractivity contribution >= 4 is 11.3 Å². The highest BCUT2D eigenvalue weighted by molar-refractivity contribution is 7.12. The molecule has 1 saturated heterocycles. The number of nitriles is 1. The minimum Gasteiger partial charge on any atom is -0.296 e. The Balaban J connectivity index is 2.20. The topological polar surface area (TPSA) is 27.0 Å². The number of likely N-dealkylation sites (N-methyl/N-ethyl adjacent to an activating group) is 1. The lowest BCUT2D eigenvalue weighted by Gasteiger charge is -2.31.